The van der Waals surface area contributed by atoms with E-state index in [9.17, 15) is 4.79 Å². The molecule has 0 aliphatic rings. The maximum Gasteiger partial charge on any atom is 0.159 e. The van der Waals surface area contributed by atoms with Gasteiger partial charge in [-0.25, -0.2) is 0 Å². The minimum absolute atomic E-state index is 0.0856. The number of benzene rings is 1. The van der Waals surface area contributed by atoms with Crippen molar-refractivity contribution >= 4 is 5.78 Å². The van der Waals surface area contributed by atoms with E-state index in [4.69, 9.17) is 0 Å². The summed E-state index contributed by atoms with van der Waals surface area (Å²) in [6.45, 7) is 5.76. The summed E-state index contributed by atoms with van der Waals surface area (Å²) in [7, 11) is 0. The highest BCUT2D eigenvalue weighted by Crippen LogP contribution is 2.22. The summed E-state index contributed by atoms with van der Waals surface area (Å²) in [5.74, 6) is 0.0856. The van der Waals surface area contributed by atoms with Gasteiger partial charge in [0.25, 0.3) is 0 Å². The normalized spacial score (nSPS) is 10.8. The summed E-state index contributed by atoms with van der Waals surface area (Å²) in [6, 6.07) is 9.94. The largest absolute Gasteiger partial charge is 0.295 e. The van der Waals surface area contributed by atoms with Gasteiger partial charge >= 0.3 is 0 Å². The van der Waals surface area contributed by atoms with Crippen LogP contribution in [0.1, 0.15) is 37.2 Å². The van der Waals surface area contributed by atoms with Gasteiger partial charge in [0, 0.05) is 23.4 Å². The molecule has 3 nitrogen and oxygen atoms in total. The number of aromatic nitrogens is 2. The lowest BCUT2D eigenvalue weighted by Crippen LogP contribution is -2.04. The zero-order valence-corrected chi connectivity index (χ0v) is 10.3. The second kappa shape index (κ2) is 4.53. The first-order valence-electron chi connectivity index (χ1n) is 5.74. The molecule has 0 unspecified atom stereocenters. The van der Waals surface area contributed by atoms with Crippen LogP contribution < -0.4 is 0 Å². The molecule has 0 radical (unpaired) electrons. The van der Waals surface area contributed by atoms with E-state index in [1.807, 2.05) is 35.0 Å². The van der Waals surface area contributed by atoms with Crippen molar-refractivity contribution < 1.29 is 4.79 Å². The molecule has 1 aromatic heterocycles. The minimum Gasteiger partial charge on any atom is -0.295 e. The fourth-order valence-electron chi connectivity index (χ4n) is 1.85. The van der Waals surface area contributed by atoms with Crippen molar-refractivity contribution in [1.82, 2.24) is 9.78 Å². The van der Waals surface area contributed by atoms with Crippen LogP contribution in [0.25, 0.3) is 11.3 Å². The van der Waals surface area contributed by atoms with Gasteiger partial charge in [-0.05, 0) is 32.9 Å². The third-order valence-corrected chi connectivity index (χ3v) is 2.72. The number of hydrogen-bond acceptors (Lipinski definition) is 2. The standard InChI is InChI=1S/C14H16N2O/c1-10(2)16-14(7-8-15-16)13-6-4-5-12(9-13)11(3)17/h4-10H,1-3H3. The summed E-state index contributed by atoms with van der Waals surface area (Å²) in [6.07, 6.45) is 1.79. The Morgan fingerprint density at radius 2 is 2.06 bits per heavy atom. The van der Waals surface area contributed by atoms with Crippen LogP contribution in [0.5, 0.6) is 0 Å². The van der Waals surface area contributed by atoms with Gasteiger partial charge in [-0.3, -0.25) is 9.48 Å². The first kappa shape index (κ1) is 11.6. The van der Waals surface area contributed by atoms with E-state index in [1.165, 1.54) is 0 Å². The number of carbonyl (C=O) groups is 1. The van der Waals surface area contributed by atoms with Crippen molar-refractivity contribution in [2.45, 2.75) is 26.8 Å². The van der Waals surface area contributed by atoms with E-state index >= 15 is 0 Å². The molecule has 0 fully saturated rings. The van der Waals surface area contributed by atoms with Crippen molar-refractivity contribution in [1.29, 1.82) is 0 Å². The topological polar surface area (TPSA) is 34.9 Å². The number of carbonyl (C=O) groups excluding carboxylic acids is 1. The Labute approximate surface area is 101 Å². The fourth-order valence-corrected chi connectivity index (χ4v) is 1.85. The molecule has 0 bridgehead atoms. The Morgan fingerprint density at radius 1 is 1.29 bits per heavy atom. The predicted molar refractivity (Wildman–Crippen MR) is 68.1 cm³/mol. The zero-order valence-electron chi connectivity index (χ0n) is 10.3. The van der Waals surface area contributed by atoms with Crippen LogP contribution >= 0.6 is 0 Å². The molecule has 0 atom stereocenters. The lowest BCUT2D eigenvalue weighted by atomic mass is 10.1. The molecule has 0 N–H and O–H groups in total. The summed E-state index contributed by atoms with van der Waals surface area (Å²) in [5, 5.41) is 4.30. The quantitative estimate of drug-likeness (QED) is 0.755. The first-order valence-corrected chi connectivity index (χ1v) is 5.74. The van der Waals surface area contributed by atoms with E-state index in [-0.39, 0.29) is 5.78 Å². The average Bonchev–Trinajstić information content (AvgIpc) is 2.78. The molecule has 0 aliphatic carbocycles. The van der Waals surface area contributed by atoms with Crippen molar-refractivity contribution in [2.75, 3.05) is 0 Å². The summed E-state index contributed by atoms with van der Waals surface area (Å²) in [4.78, 5) is 11.4. The Morgan fingerprint density at radius 3 is 2.71 bits per heavy atom. The fraction of sp³-hybridized carbons (Fsp3) is 0.286. The average molecular weight is 228 g/mol. The van der Waals surface area contributed by atoms with Crippen molar-refractivity contribution in [2.24, 2.45) is 0 Å². The van der Waals surface area contributed by atoms with Crippen molar-refractivity contribution in [3.63, 3.8) is 0 Å². The van der Waals surface area contributed by atoms with Gasteiger partial charge in [-0.1, -0.05) is 18.2 Å². The summed E-state index contributed by atoms with van der Waals surface area (Å²) >= 11 is 0. The van der Waals surface area contributed by atoms with E-state index < -0.39 is 0 Å². The van der Waals surface area contributed by atoms with Crippen LogP contribution in [0.2, 0.25) is 0 Å². The molecule has 2 aromatic rings. The third kappa shape index (κ3) is 2.28. The molecule has 1 heterocycles. The Balaban J connectivity index is 2.49. The SMILES string of the molecule is CC(=O)c1cccc(-c2ccnn2C(C)C)c1. The molecule has 88 valence electrons. The molecule has 3 heteroatoms. The number of ketones is 1. The molecular weight excluding hydrogens is 212 g/mol. The van der Waals surface area contributed by atoms with Gasteiger partial charge in [0.2, 0.25) is 0 Å². The molecule has 1 aromatic carbocycles. The van der Waals surface area contributed by atoms with E-state index in [0.29, 0.717) is 6.04 Å². The maximum absolute atomic E-state index is 11.4. The Kier molecular flexibility index (Phi) is 3.09. The minimum atomic E-state index is 0.0856. The number of hydrogen-bond donors (Lipinski definition) is 0. The molecule has 0 saturated heterocycles. The monoisotopic (exact) mass is 228 g/mol. The van der Waals surface area contributed by atoms with Crippen molar-refractivity contribution in [3.8, 4) is 11.3 Å². The lowest BCUT2D eigenvalue weighted by Gasteiger charge is -2.11. The Hall–Kier alpha value is -1.90. The van der Waals surface area contributed by atoms with Crippen LogP contribution in [0.15, 0.2) is 36.5 Å². The molecular formula is C14H16N2O. The zero-order chi connectivity index (χ0) is 12.4. The number of nitrogens with zero attached hydrogens (tertiary/aromatic N) is 2. The molecule has 0 aliphatic heterocycles. The molecule has 17 heavy (non-hydrogen) atoms. The highest BCUT2D eigenvalue weighted by molar-refractivity contribution is 5.95. The van der Waals surface area contributed by atoms with Gasteiger partial charge in [0.1, 0.15) is 0 Å². The molecule has 0 spiro atoms. The van der Waals surface area contributed by atoms with Crippen LogP contribution in [0.4, 0.5) is 0 Å². The molecule has 0 amide bonds. The predicted octanol–water partition coefficient (Wildman–Crippen LogP) is 3.33. The van der Waals surface area contributed by atoms with Crippen LogP contribution in [0.3, 0.4) is 0 Å². The van der Waals surface area contributed by atoms with Crippen LogP contribution in [-0.4, -0.2) is 15.6 Å². The molecule has 2 rings (SSSR count). The van der Waals surface area contributed by atoms with Gasteiger partial charge < -0.3 is 0 Å². The second-order valence-corrected chi connectivity index (χ2v) is 4.39. The van der Waals surface area contributed by atoms with E-state index in [0.717, 1.165) is 16.8 Å². The summed E-state index contributed by atoms with van der Waals surface area (Å²) < 4.78 is 1.96. The van der Waals surface area contributed by atoms with Gasteiger partial charge in [0.15, 0.2) is 5.78 Å². The highest BCUT2D eigenvalue weighted by Gasteiger charge is 2.09. The van der Waals surface area contributed by atoms with Gasteiger partial charge in [-0.2, -0.15) is 5.10 Å². The van der Waals surface area contributed by atoms with E-state index in [1.54, 1.807) is 13.1 Å². The molecule has 0 saturated carbocycles. The Bertz CT molecular complexity index is 541. The maximum atomic E-state index is 11.4. The van der Waals surface area contributed by atoms with Gasteiger partial charge in [-0.15, -0.1) is 0 Å². The second-order valence-electron chi connectivity index (χ2n) is 4.39. The smallest absolute Gasteiger partial charge is 0.159 e. The number of Topliss-reactive ketones (excluding diaryl/α,β-unsaturated/α-hetero) is 1. The van der Waals surface area contributed by atoms with Crippen molar-refractivity contribution in [3.05, 3.63) is 42.1 Å². The summed E-state index contributed by atoms with van der Waals surface area (Å²) in [5.41, 5.74) is 2.81. The van der Waals surface area contributed by atoms with E-state index in [2.05, 4.69) is 18.9 Å². The highest BCUT2D eigenvalue weighted by atomic mass is 16.1. The van der Waals surface area contributed by atoms with Crippen LogP contribution in [-0.2, 0) is 0 Å². The number of rotatable bonds is 3. The van der Waals surface area contributed by atoms with Gasteiger partial charge in [0.05, 0.1) is 5.69 Å². The first-order chi connectivity index (χ1) is 8.09. The van der Waals surface area contributed by atoms with Crippen LogP contribution in [0, 0.1) is 0 Å². The lowest BCUT2D eigenvalue weighted by molar-refractivity contribution is 0.101. The third-order valence-electron chi connectivity index (χ3n) is 2.72.